The molecule has 0 bridgehead atoms. The van der Waals surface area contributed by atoms with Crippen LogP contribution in [0.25, 0.3) is 0 Å². The van der Waals surface area contributed by atoms with Crippen LogP contribution in [0.2, 0.25) is 0 Å². The maximum absolute atomic E-state index is 10.9. The Hall–Kier alpha value is -0.830. The van der Waals surface area contributed by atoms with Crippen LogP contribution < -0.4 is 0 Å². The maximum Gasteiger partial charge on any atom is 0.158 e. The predicted molar refractivity (Wildman–Crippen MR) is 51.7 cm³/mol. The van der Waals surface area contributed by atoms with Gasteiger partial charge in [-0.3, -0.25) is 4.79 Å². The van der Waals surface area contributed by atoms with E-state index in [9.17, 15) is 9.90 Å². The fourth-order valence-electron chi connectivity index (χ4n) is 0.862. The van der Waals surface area contributed by atoms with Gasteiger partial charge in [0.15, 0.2) is 5.78 Å². The summed E-state index contributed by atoms with van der Waals surface area (Å²) < 4.78 is 5.29. The number of aliphatic hydroxyl groups excluding tert-OH is 1. The van der Waals surface area contributed by atoms with Crippen LogP contribution in [0.4, 0.5) is 0 Å². The molecule has 1 atom stereocenters. The number of hydrogen-bond donors (Lipinski definition) is 1. The van der Waals surface area contributed by atoms with Gasteiger partial charge in [0, 0.05) is 12.5 Å². The number of carbonyl (C=O) groups is 1. The van der Waals surface area contributed by atoms with Crippen molar-refractivity contribution in [3.8, 4) is 0 Å². The highest BCUT2D eigenvalue weighted by Gasteiger charge is 2.10. The van der Waals surface area contributed by atoms with E-state index in [1.807, 2.05) is 13.8 Å². The minimum Gasteiger partial charge on any atom is -0.509 e. The number of ketones is 1. The SMILES string of the molecule is CCC(=O)/C=C(\O)C(C)OC(C)C. The predicted octanol–water partition coefficient (Wildman–Crippen LogP) is 2.22. The summed E-state index contributed by atoms with van der Waals surface area (Å²) in [4.78, 5) is 10.9. The summed E-state index contributed by atoms with van der Waals surface area (Å²) in [6.07, 6.45) is 1.27. The minimum atomic E-state index is -0.407. The maximum atomic E-state index is 10.9. The molecule has 1 N–H and O–H groups in total. The zero-order valence-corrected chi connectivity index (χ0v) is 8.70. The molecule has 0 radical (unpaired) electrons. The van der Waals surface area contributed by atoms with Gasteiger partial charge in [0.25, 0.3) is 0 Å². The van der Waals surface area contributed by atoms with Gasteiger partial charge in [0.2, 0.25) is 0 Å². The molecule has 0 saturated heterocycles. The average Bonchev–Trinajstić information content (AvgIpc) is 2.02. The van der Waals surface area contributed by atoms with Gasteiger partial charge in [-0.25, -0.2) is 0 Å². The van der Waals surface area contributed by atoms with Crippen LogP contribution in [0.1, 0.15) is 34.1 Å². The summed E-state index contributed by atoms with van der Waals surface area (Å²) in [7, 11) is 0. The molecule has 13 heavy (non-hydrogen) atoms. The van der Waals surface area contributed by atoms with Crippen molar-refractivity contribution in [3.63, 3.8) is 0 Å². The smallest absolute Gasteiger partial charge is 0.158 e. The molecule has 0 amide bonds. The third-order valence-corrected chi connectivity index (χ3v) is 1.55. The topological polar surface area (TPSA) is 46.5 Å². The monoisotopic (exact) mass is 186 g/mol. The highest BCUT2D eigenvalue weighted by molar-refractivity contribution is 5.89. The number of allylic oxidation sites excluding steroid dienone is 1. The molecule has 0 aliphatic heterocycles. The van der Waals surface area contributed by atoms with E-state index in [4.69, 9.17) is 4.74 Å². The standard InChI is InChI=1S/C10H18O3/c1-5-9(11)6-10(12)8(4)13-7(2)3/h6-8,12H,5H2,1-4H3/b10-6-. The summed E-state index contributed by atoms with van der Waals surface area (Å²) >= 11 is 0. The second kappa shape index (κ2) is 5.75. The fraction of sp³-hybridized carbons (Fsp3) is 0.700. The van der Waals surface area contributed by atoms with Gasteiger partial charge in [-0.05, 0) is 20.8 Å². The van der Waals surface area contributed by atoms with Gasteiger partial charge in [0.1, 0.15) is 11.9 Å². The quantitative estimate of drug-likeness (QED) is 0.529. The van der Waals surface area contributed by atoms with E-state index in [1.165, 1.54) is 6.08 Å². The Labute approximate surface area is 79.4 Å². The molecule has 0 saturated carbocycles. The molecular weight excluding hydrogens is 168 g/mol. The molecular formula is C10H18O3. The molecule has 1 unspecified atom stereocenters. The van der Waals surface area contributed by atoms with Crippen LogP contribution in [0.15, 0.2) is 11.8 Å². The average molecular weight is 186 g/mol. The normalized spacial score (nSPS) is 14.7. The molecule has 0 spiro atoms. The van der Waals surface area contributed by atoms with Crippen molar-refractivity contribution < 1.29 is 14.6 Å². The van der Waals surface area contributed by atoms with Gasteiger partial charge in [-0.1, -0.05) is 6.92 Å². The van der Waals surface area contributed by atoms with Gasteiger partial charge in [0.05, 0.1) is 6.10 Å². The lowest BCUT2D eigenvalue weighted by Gasteiger charge is -2.14. The number of carbonyl (C=O) groups excluding carboxylic acids is 1. The Balaban J connectivity index is 4.15. The van der Waals surface area contributed by atoms with Crippen molar-refractivity contribution in [1.82, 2.24) is 0 Å². The highest BCUT2D eigenvalue weighted by Crippen LogP contribution is 2.06. The zero-order valence-electron chi connectivity index (χ0n) is 8.70. The summed E-state index contributed by atoms with van der Waals surface area (Å²) in [6, 6.07) is 0. The van der Waals surface area contributed by atoms with Crippen molar-refractivity contribution in [3.05, 3.63) is 11.8 Å². The van der Waals surface area contributed by atoms with E-state index in [2.05, 4.69) is 0 Å². The van der Waals surface area contributed by atoms with E-state index < -0.39 is 6.10 Å². The van der Waals surface area contributed by atoms with Crippen molar-refractivity contribution in [2.45, 2.75) is 46.3 Å². The first-order valence-electron chi connectivity index (χ1n) is 4.56. The Morgan fingerprint density at radius 3 is 2.38 bits per heavy atom. The summed E-state index contributed by atoms with van der Waals surface area (Å²) in [5.41, 5.74) is 0. The summed E-state index contributed by atoms with van der Waals surface area (Å²) in [5, 5.41) is 9.38. The van der Waals surface area contributed by atoms with E-state index in [1.54, 1.807) is 13.8 Å². The third kappa shape index (κ3) is 5.42. The van der Waals surface area contributed by atoms with Gasteiger partial charge < -0.3 is 9.84 Å². The molecule has 3 nitrogen and oxygen atoms in total. The lowest BCUT2D eigenvalue weighted by Crippen LogP contribution is -2.17. The van der Waals surface area contributed by atoms with E-state index in [0.29, 0.717) is 6.42 Å². The molecule has 0 aliphatic carbocycles. The van der Waals surface area contributed by atoms with Crippen LogP contribution in [0.3, 0.4) is 0 Å². The Kier molecular flexibility index (Phi) is 5.39. The summed E-state index contributed by atoms with van der Waals surface area (Å²) in [5.74, 6) is -0.0859. The van der Waals surface area contributed by atoms with Crippen LogP contribution >= 0.6 is 0 Å². The molecule has 0 rings (SSSR count). The van der Waals surface area contributed by atoms with E-state index >= 15 is 0 Å². The third-order valence-electron chi connectivity index (χ3n) is 1.55. The van der Waals surface area contributed by atoms with Crippen LogP contribution in [-0.4, -0.2) is 23.1 Å². The van der Waals surface area contributed by atoms with Gasteiger partial charge >= 0.3 is 0 Å². The largest absolute Gasteiger partial charge is 0.509 e. The van der Waals surface area contributed by atoms with E-state index in [-0.39, 0.29) is 17.6 Å². The molecule has 0 heterocycles. The van der Waals surface area contributed by atoms with Crippen molar-refractivity contribution >= 4 is 5.78 Å². The second-order valence-electron chi connectivity index (χ2n) is 3.22. The first-order valence-corrected chi connectivity index (χ1v) is 4.56. The molecule has 0 aliphatic rings. The van der Waals surface area contributed by atoms with Crippen molar-refractivity contribution in [1.29, 1.82) is 0 Å². The Bertz CT molecular complexity index is 194. The number of rotatable bonds is 5. The molecule has 0 aromatic carbocycles. The van der Waals surface area contributed by atoms with Crippen molar-refractivity contribution in [2.75, 3.05) is 0 Å². The number of aliphatic hydroxyl groups is 1. The second-order valence-corrected chi connectivity index (χ2v) is 3.22. The number of hydrogen-bond acceptors (Lipinski definition) is 3. The molecule has 76 valence electrons. The molecule has 3 heteroatoms. The summed E-state index contributed by atoms with van der Waals surface area (Å²) in [6.45, 7) is 7.23. The first-order chi connectivity index (χ1) is 5.97. The minimum absolute atomic E-state index is 0.000509. The van der Waals surface area contributed by atoms with Crippen LogP contribution in [0, 0.1) is 0 Å². The molecule has 0 aromatic heterocycles. The Morgan fingerprint density at radius 2 is 2.00 bits per heavy atom. The van der Waals surface area contributed by atoms with Crippen molar-refractivity contribution in [2.24, 2.45) is 0 Å². The van der Waals surface area contributed by atoms with E-state index in [0.717, 1.165) is 0 Å². The highest BCUT2D eigenvalue weighted by atomic mass is 16.5. The van der Waals surface area contributed by atoms with Gasteiger partial charge in [-0.15, -0.1) is 0 Å². The van der Waals surface area contributed by atoms with Crippen LogP contribution in [0.5, 0.6) is 0 Å². The van der Waals surface area contributed by atoms with Crippen LogP contribution in [-0.2, 0) is 9.53 Å². The molecule has 0 fully saturated rings. The lowest BCUT2D eigenvalue weighted by molar-refractivity contribution is -0.114. The van der Waals surface area contributed by atoms with Gasteiger partial charge in [-0.2, -0.15) is 0 Å². The zero-order chi connectivity index (χ0) is 10.4. The number of ether oxygens (including phenoxy) is 1. The first kappa shape index (κ1) is 12.2. The Morgan fingerprint density at radius 1 is 1.46 bits per heavy atom. The molecule has 0 aromatic rings. The lowest BCUT2D eigenvalue weighted by atomic mass is 10.2. The fourth-order valence-corrected chi connectivity index (χ4v) is 0.862.